The predicted molar refractivity (Wildman–Crippen MR) is 102 cm³/mol. The number of ether oxygens (including phenoxy) is 2. The molecule has 6 nitrogen and oxygen atoms in total. The van der Waals surface area contributed by atoms with Gasteiger partial charge in [0, 0.05) is 30.4 Å². The second-order valence-electron chi connectivity index (χ2n) is 6.38. The van der Waals surface area contributed by atoms with E-state index in [0.717, 1.165) is 13.1 Å². The van der Waals surface area contributed by atoms with Gasteiger partial charge in [-0.2, -0.15) is 0 Å². The van der Waals surface area contributed by atoms with Crippen LogP contribution in [0.25, 0.3) is 5.57 Å². The number of carbonyl (C=O) groups excluding carboxylic acids is 2. The maximum Gasteiger partial charge on any atom is 0.267 e. The number of hydrogen-bond donors (Lipinski definition) is 0. The molecule has 0 unspecified atom stereocenters. The molecule has 2 aliphatic rings. The van der Waals surface area contributed by atoms with Crippen LogP contribution in [-0.4, -0.2) is 50.1 Å². The van der Waals surface area contributed by atoms with E-state index in [1.54, 1.807) is 37.4 Å². The molecule has 0 saturated carbocycles. The fourth-order valence-electron chi connectivity index (χ4n) is 3.33. The number of imide groups is 1. The zero-order chi connectivity index (χ0) is 18.8. The summed E-state index contributed by atoms with van der Waals surface area (Å²) in [6.45, 7) is 2.69. The van der Waals surface area contributed by atoms with Crippen LogP contribution in [0.4, 0.5) is 5.69 Å². The normalized spacial score (nSPS) is 18.6. The lowest BCUT2D eigenvalue weighted by Gasteiger charge is -2.31. The number of anilines is 1. The molecule has 2 heterocycles. The van der Waals surface area contributed by atoms with E-state index in [4.69, 9.17) is 9.47 Å². The van der Waals surface area contributed by atoms with Crippen LogP contribution < -0.4 is 9.64 Å². The van der Waals surface area contributed by atoms with Crippen LogP contribution in [-0.2, 0) is 9.53 Å². The fourth-order valence-corrected chi connectivity index (χ4v) is 3.33. The minimum absolute atomic E-state index is 0.320. The smallest absolute Gasteiger partial charge is 0.267 e. The van der Waals surface area contributed by atoms with Gasteiger partial charge in [-0.05, 0) is 30.3 Å². The Morgan fingerprint density at radius 1 is 0.926 bits per heavy atom. The molecule has 1 fully saturated rings. The molecule has 0 aromatic heterocycles. The van der Waals surface area contributed by atoms with Gasteiger partial charge in [-0.15, -0.1) is 0 Å². The van der Waals surface area contributed by atoms with Gasteiger partial charge in [0.1, 0.15) is 5.75 Å². The molecule has 2 aliphatic heterocycles. The third kappa shape index (κ3) is 3.19. The molecule has 4 rings (SSSR count). The highest BCUT2D eigenvalue weighted by atomic mass is 16.5. The highest BCUT2D eigenvalue weighted by Crippen LogP contribution is 2.33. The molecule has 2 aromatic carbocycles. The minimum atomic E-state index is -0.324. The van der Waals surface area contributed by atoms with Crippen molar-refractivity contribution >= 4 is 23.1 Å². The van der Waals surface area contributed by atoms with Crippen molar-refractivity contribution in [3.05, 3.63) is 65.9 Å². The molecule has 1 saturated heterocycles. The Bertz CT molecular complexity index is 899. The van der Waals surface area contributed by atoms with Crippen molar-refractivity contribution in [1.82, 2.24) is 4.90 Å². The zero-order valence-electron chi connectivity index (χ0n) is 15.1. The molecule has 0 spiro atoms. The molecule has 2 amide bonds. The maximum atomic E-state index is 13.3. The van der Waals surface area contributed by atoms with E-state index in [0.29, 0.717) is 41.4 Å². The van der Waals surface area contributed by atoms with Crippen molar-refractivity contribution in [3.8, 4) is 5.75 Å². The number of morpholine rings is 1. The average Bonchev–Trinajstić information content (AvgIpc) is 2.72. The summed E-state index contributed by atoms with van der Waals surface area (Å²) < 4.78 is 10.6. The monoisotopic (exact) mass is 364 g/mol. The second kappa shape index (κ2) is 7.25. The summed E-state index contributed by atoms with van der Waals surface area (Å²) in [5.74, 6) is 0.0235. The molecule has 0 bridgehead atoms. The molecule has 138 valence electrons. The standard InChI is InChI=1S/C21H20N2O4/c1-26-16-8-6-15(7-9-16)23-20(24)18-5-3-2-4-17(18)19(21(23)25)14-22-10-12-27-13-11-22/h2-9,14H,10-13H2,1H3/b19-14-. The zero-order valence-corrected chi connectivity index (χ0v) is 15.1. The first-order valence-corrected chi connectivity index (χ1v) is 8.85. The van der Waals surface area contributed by atoms with Crippen LogP contribution in [0.1, 0.15) is 15.9 Å². The Balaban J connectivity index is 1.78. The second-order valence-corrected chi connectivity index (χ2v) is 6.38. The van der Waals surface area contributed by atoms with E-state index in [-0.39, 0.29) is 11.8 Å². The van der Waals surface area contributed by atoms with Gasteiger partial charge in [-0.3, -0.25) is 9.59 Å². The average molecular weight is 364 g/mol. The molecule has 0 radical (unpaired) electrons. The fraction of sp³-hybridized carbons (Fsp3) is 0.238. The van der Waals surface area contributed by atoms with Crippen molar-refractivity contribution < 1.29 is 19.1 Å². The molecule has 2 aromatic rings. The number of benzene rings is 2. The summed E-state index contributed by atoms with van der Waals surface area (Å²) in [7, 11) is 1.58. The summed E-state index contributed by atoms with van der Waals surface area (Å²) in [5.41, 5.74) is 2.23. The summed E-state index contributed by atoms with van der Waals surface area (Å²) in [5, 5.41) is 0. The van der Waals surface area contributed by atoms with E-state index in [1.165, 1.54) is 4.90 Å². The first kappa shape index (κ1) is 17.3. The highest BCUT2D eigenvalue weighted by molar-refractivity contribution is 6.41. The van der Waals surface area contributed by atoms with Crippen molar-refractivity contribution in [2.24, 2.45) is 0 Å². The first-order chi connectivity index (χ1) is 13.2. The summed E-state index contributed by atoms with van der Waals surface area (Å²) >= 11 is 0. The van der Waals surface area contributed by atoms with Crippen LogP contribution >= 0.6 is 0 Å². The van der Waals surface area contributed by atoms with Gasteiger partial charge in [0.25, 0.3) is 11.8 Å². The van der Waals surface area contributed by atoms with Crippen LogP contribution in [0.2, 0.25) is 0 Å². The lowest BCUT2D eigenvalue weighted by Crippen LogP contribution is -2.43. The quantitative estimate of drug-likeness (QED) is 0.619. The molecule has 0 atom stereocenters. The van der Waals surface area contributed by atoms with E-state index in [9.17, 15) is 9.59 Å². The van der Waals surface area contributed by atoms with Gasteiger partial charge in [-0.25, -0.2) is 4.90 Å². The van der Waals surface area contributed by atoms with Crippen LogP contribution in [0, 0.1) is 0 Å². The van der Waals surface area contributed by atoms with Crippen LogP contribution in [0.5, 0.6) is 5.75 Å². The Kier molecular flexibility index (Phi) is 4.64. The molecule has 0 N–H and O–H groups in total. The number of fused-ring (bicyclic) bond motifs is 1. The van der Waals surface area contributed by atoms with Gasteiger partial charge < -0.3 is 14.4 Å². The Morgan fingerprint density at radius 2 is 1.59 bits per heavy atom. The molecule has 27 heavy (non-hydrogen) atoms. The van der Waals surface area contributed by atoms with E-state index < -0.39 is 0 Å². The van der Waals surface area contributed by atoms with Crippen molar-refractivity contribution in [3.63, 3.8) is 0 Å². The van der Waals surface area contributed by atoms with Crippen LogP contribution in [0.15, 0.2) is 54.7 Å². The largest absolute Gasteiger partial charge is 0.497 e. The number of hydrogen-bond acceptors (Lipinski definition) is 5. The third-order valence-electron chi connectivity index (χ3n) is 4.77. The number of nitrogens with zero attached hydrogens (tertiary/aromatic N) is 2. The van der Waals surface area contributed by atoms with E-state index >= 15 is 0 Å². The van der Waals surface area contributed by atoms with E-state index in [2.05, 4.69) is 4.90 Å². The van der Waals surface area contributed by atoms with Gasteiger partial charge >= 0.3 is 0 Å². The van der Waals surface area contributed by atoms with Gasteiger partial charge in [-0.1, -0.05) is 18.2 Å². The van der Waals surface area contributed by atoms with E-state index in [1.807, 2.05) is 24.4 Å². The molecular weight excluding hydrogens is 344 g/mol. The van der Waals surface area contributed by atoms with Crippen molar-refractivity contribution in [2.75, 3.05) is 38.3 Å². The maximum absolute atomic E-state index is 13.3. The minimum Gasteiger partial charge on any atom is -0.497 e. The highest BCUT2D eigenvalue weighted by Gasteiger charge is 2.36. The number of carbonyl (C=O) groups is 2. The molecule has 0 aliphatic carbocycles. The molecule has 6 heteroatoms. The Labute approximate surface area is 157 Å². The topological polar surface area (TPSA) is 59.1 Å². The lowest BCUT2D eigenvalue weighted by molar-refractivity contribution is -0.112. The van der Waals surface area contributed by atoms with Crippen LogP contribution in [0.3, 0.4) is 0 Å². The number of rotatable bonds is 3. The van der Waals surface area contributed by atoms with Gasteiger partial charge in [0.05, 0.1) is 31.6 Å². The number of methoxy groups -OCH3 is 1. The Morgan fingerprint density at radius 3 is 2.26 bits per heavy atom. The Hall–Kier alpha value is -3.12. The summed E-state index contributed by atoms with van der Waals surface area (Å²) in [4.78, 5) is 29.6. The summed E-state index contributed by atoms with van der Waals surface area (Å²) in [6.07, 6.45) is 1.85. The van der Waals surface area contributed by atoms with Gasteiger partial charge in [0.15, 0.2) is 0 Å². The predicted octanol–water partition coefficient (Wildman–Crippen LogP) is 2.56. The first-order valence-electron chi connectivity index (χ1n) is 8.85. The molecular formula is C21H20N2O4. The van der Waals surface area contributed by atoms with Crippen molar-refractivity contribution in [1.29, 1.82) is 0 Å². The van der Waals surface area contributed by atoms with Gasteiger partial charge in [0.2, 0.25) is 0 Å². The summed E-state index contributed by atoms with van der Waals surface area (Å²) in [6, 6.07) is 14.1. The number of amides is 2. The SMILES string of the molecule is COc1ccc(N2C(=O)/C(=C\N3CCOCC3)c3ccccc3C2=O)cc1. The van der Waals surface area contributed by atoms with Crippen molar-refractivity contribution in [2.45, 2.75) is 0 Å². The third-order valence-corrected chi connectivity index (χ3v) is 4.77. The lowest BCUT2D eigenvalue weighted by atomic mass is 9.93.